The van der Waals surface area contributed by atoms with Crippen molar-refractivity contribution in [2.24, 2.45) is 7.05 Å². The maximum absolute atomic E-state index is 13.1. The van der Waals surface area contributed by atoms with Crippen LogP contribution >= 0.6 is 0 Å². The van der Waals surface area contributed by atoms with Crippen LogP contribution < -0.4 is 10.2 Å². The fraction of sp³-hybridized carbons (Fsp3) is 0.292. The van der Waals surface area contributed by atoms with E-state index in [9.17, 15) is 4.79 Å². The van der Waals surface area contributed by atoms with Crippen LogP contribution in [0.5, 0.6) is 0 Å². The van der Waals surface area contributed by atoms with Gasteiger partial charge in [-0.05, 0) is 32.2 Å². The van der Waals surface area contributed by atoms with Crippen LogP contribution in [0.1, 0.15) is 15.9 Å². The zero-order chi connectivity index (χ0) is 22.9. The van der Waals surface area contributed by atoms with Gasteiger partial charge in [0.05, 0.1) is 17.9 Å². The van der Waals surface area contributed by atoms with E-state index in [-0.39, 0.29) is 5.91 Å². The largest absolute Gasteiger partial charge is 0.354 e. The van der Waals surface area contributed by atoms with Crippen molar-refractivity contribution in [1.82, 2.24) is 29.6 Å². The molecule has 1 N–H and O–H groups in total. The molecular formula is C24H26N8O. The lowest BCUT2D eigenvalue weighted by atomic mass is 10.1. The number of piperazine rings is 1. The van der Waals surface area contributed by atoms with Crippen molar-refractivity contribution in [3.63, 3.8) is 0 Å². The molecule has 1 fully saturated rings. The number of carbonyl (C=O) groups excluding carboxylic acids is 1. The molecule has 1 aliphatic rings. The minimum Gasteiger partial charge on any atom is -0.354 e. The van der Waals surface area contributed by atoms with E-state index < -0.39 is 0 Å². The maximum atomic E-state index is 13.1. The van der Waals surface area contributed by atoms with E-state index in [1.54, 1.807) is 35.5 Å². The van der Waals surface area contributed by atoms with Crippen LogP contribution in [0.15, 0.2) is 49.2 Å². The lowest BCUT2D eigenvalue weighted by molar-refractivity contribution is 0.102. The molecule has 5 rings (SSSR count). The number of fused-ring (bicyclic) bond motifs is 1. The number of hydrogen-bond acceptors (Lipinski definition) is 7. The second-order valence-electron chi connectivity index (χ2n) is 8.44. The number of carbonyl (C=O) groups is 1. The molecule has 9 heteroatoms. The summed E-state index contributed by atoms with van der Waals surface area (Å²) in [7, 11) is 4.00. The third kappa shape index (κ3) is 4.27. The van der Waals surface area contributed by atoms with E-state index in [1.165, 1.54) is 0 Å². The maximum Gasteiger partial charge on any atom is 0.257 e. The molecule has 1 saturated heterocycles. The zero-order valence-corrected chi connectivity index (χ0v) is 19.0. The number of nitrogens with zero attached hydrogens (tertiary/aromatic N) is 7. The standard InChI is InChI=1S/C24H26N8O/c1-16-20(4-5-25-23(16)32-8-6-30(2)7-9-32)24(33)29-22-11-17-10-18(12-26-21(17)14-27-22)19-13-28-31(3)15-19/h4-5,10-15H,6-9H2,1-3H3,(H,27,29,33). The second kappa shape index (κ2) is 8.59. The first kappa shape index (κ1) is 21.0. The van der Waals surface area contributed by atoms with E-state index in [4.69, 9.17) is 0 Å². The summed E-state index contributed by atoms with van der Waals surface area (Å²) in [6.45, 7) is 5.70. The molecule has 1 aliphatic heterocycles. The van der Waals surface area contributed by atoms with E-state index in [2.05, 4.69) is 42.2 Å². The minimum absolute atomic E-state index is 0.200. The van der Waals surface area contributed by atoms with E-state index in [0.29, 0.717) is 11.4 Å². The molecule has 9 nitrogen and oxygen atoms in total. The molecule has 4 aromatic heterocycles. The quantitative estimate of drug-likeness (QED) is 0.520. The molecule has 0 aliphatic carbocycles. The summed E-state index contributed by atoms with van der Waals surface area (Å²) in [5.74, 6) is 1.15. The Bertz CT molecular complexity index is 1320. The Kier molecular flexibility index (Phi) is 5.47. The van der Waals surface area contributed by atoms with Gasteiger partial charge in [-0.1, -0.05) is 0 Å². The minimum atomic E-state index is -0.200. The molecular weight excluding hydrogens is 416 g/mol. The molecule has 1 amide bonds. The van der Waals surface area contributed by atoms with Crippen LogP contribution in [0.25, 0.3) is 22.0 Å². The van der Waals surface area contributed by atoms with Gasteiger partial charge in [-0.15, -0.1) is 0 Å². The Hall–Kier alpha value is -3.85. The number of likely N-dealkylation sites (N-methyl/N-ethyl adjacent to an activating group) is 1. The highest BCUT2D eigenvalue weighted by Crippen LogP contribution is 2.25. The molecule has 0 spiro atoms. The van der Waals surface area contributed by atoms with Gasteiger partial charge >= 0.3 is 0 Å². The molecule has 0 atom stereocenters. The first-order valence-corrected chi connectivity index (χ1v) is 10.9. The van der Waals surface area contributed by atoms with Gasteiger partial charge in [-0.25, -0.2) is 9.97 Å². The summed E-state index contributed by atoms with van der Waals surface area (Å²) in [5, 5.41) is 8.06. The van der Waals surface area contributed by atoms with Crippen molar-refractivity contribution in [3.05, 3.63) is 60.3 Å². The first-order valence-electron chi connectivity index (χ1n) is 10.9. The SMILES string of the molecule is Cc1c(C(=O)Nc2cc3cc(-c4cnn(C)c4)cnc3cn2)ccnc1N1CCN(C)CC1. The van der Waals surface area contributed by atoms with Crippen LogP contribution in [0.2, 0.25) is 0 Å². The van der Waals surface area contributed by atoms with E-state index >= 15 is 0 Å². The Morgan fingerprint density at radius 2 is 1.79 bits per heavy atom. The average molecular weight is 443 g/mol. The normalized spacial score (nSPS) is 14.6. The molecule has 0 unspecified atom stereocenters. The molecule has 5 heterocycles. The third-order valence-electron chi connectivity index (χ3n) is 6.07. The predicted molar refractivity (Wildman–Crippen MR) is 128 cm³/mol. The fourth-order valence-electron chi connectivity index (χ4n) is 4.12. The van der Waals surface area contributed by atoms with E-state index in [0.717, 1.165) is 59.6 Å². The number of pyridine rings is 3. The zero-order valence-electron chi connectivity index (χ0n) is 19.0. The van der Waals surface area contributed by atoms with Crippen LogP contribution in [0.4, 0.5) is 11.6 Å². The summed E-state index contributed by atoms with van der Waals surface area (Å²) in [6.07, 6.45) is 8.92. The van der Waals surface area contributed by atoms with Gasteiger partial charge in [-0.2, -0.15) is 5.10 Å². The lowest BCUT2D eigenvalue weighted by Crippen LogP contribution is -2.45. The summed E-state index contributed by atoms with van der Waals surface area (Å²) in [6, 6.07) is 5.63. The fourth-order valence-corrected chi connectivity index (χ4v) is 4.12. The molecule has 33 heavy (non-hydrogen) atoms. The van der Waals surface area contributed by atoms with Crippen LogP contribution in [0.3, 0.4) is 0 Å². The number of aryl methyl sites for hydroxylation is 1. The summed E-state index contributed by atoms with van der Waals surface area (Å²) in [4.78, 5) is 31.1. The summed E-state index contributed by atoms with van der Waals surface area (Å²) >= 11 is 0. The highest BCUT2D eigenvalue weighted by atomic mass is 16.1. The Morgan fingerprint density at radius 3 is 2.55 bits per heavy atom. The third-order valence-corrected chi connectivity index (χ3v) is 6.07. The smallest absolute Gasteiger partial charge is 0.257 e. The first-order chi connectivity index (χ1) is 16.0. The van der Waals surface area contributed by atoms with Gasteiger partial charge < -0.3 is 15.1 Å². The Morgan fingerprint density at radius 1 is 0.970 bits per heavy atom. The topological polar surface area (TPSA) is 92.1 Å². The van der Waals surface area contributed by atoms with Gasteiger partial charge in [0, 0.05) is 79.5 Å². The molecule has 0 saturated carbocycles. The van der Waals surface area contributed by atoms with E-state index in [1.807, 2.05) is 32.3 Å². The number of rotatable bonds is 4. The van der Waals surface area contributed by atoms with Crippen molar-refractivity contribution in [2.45, 2.75) is 6.92 Å². The predicted octanol–water partition coefficient (Wildman–Crippen LogP) is 2.74. The molecule has 0 aromatic carbocycles. The van der Waals surface area contributed by atoms with Crippen molar-refractivity contribution in [2.75, 3.05) is 43.4 Å². The Labute approximate surface area is 192 Å². The van der Waals surface area contributed by atoms with Crippen molar-refractivity contribution in [1.29, 1.82) is 0 Å². The molecule has 168 valence electrons. The molecule has 0 bridgehead atoms. The van der Waals surface area contributed by atoms with Crippen LogP contribution in [-0.4, -0.2) is 68.8 Å². The molecule has 0 radical (unpaired) electrons. The Balaban J connectivity index is 1.39. The van der Waals surface area contributed by atoms with Gasteiger partial charge in [0.15, 0.2) is 0 Å². The van der Waals surface area contributed by atoms with Crippen molar-refractivity contribution >= 4 is 28.4 Å². The highest BCUT2D eigenvalue weighted by molar-refractivity contribution is 6.06. The number of amides is 1. The van der Waals surface area contributed by atoms with Gasteiger partial charge in [0.25, 0.3) is 5.91 Å². The van der Waals surface area contributed by atoms with Gasteiger partial charge in [0.1, 0.15) is 11.6 Å². The highest BCUT2D eigenvalue weighted by Gasteiger charge is 2.20. The number of nitrogens with one attached hydrogen (secondary N) is 1. The summed E-state index contributed by atoms with van der Waals surface area (Å²) < 4.78 is 1.76. The number of aromatic nitrogens is 5. The van der Waals surface area contributed by atoms with Crippen LogP contribution in [-0.2, 0) is 7.05 Å². The second-order valence-corrected chi connectivity index (χ2v) is 8.44. The summed E-state index contributed by atoms with van der Waals surface area (Å²) in [5.41, 5.74) is 4.18. The van der Waals surface area contributed by atoms with Crippen molar-refractivity contribution in [3.8, 4) is 11.1 Å². The van der Waals surface area contributed by atoms with Crippen molar-refractivity contribution < 1.29 is 4.79 Å². The monoisotopic (exact) mass is 442 g/mol. The van der Waals surface area contributed by atoms with Crippen LogP contribution in [0, 0.1) is 6.92 Å². The average Bonchev–Trinajstić information content (AvgIpc) is 3.25. The van der Waals surface area contributed by atoms with Gasteiger partial charge in [0.2, 0.25) is 0 Å². The molecule has 4 aromatic rings. The number of anilines is 2. The number of hydrogen-bond donors (Lipinski definition) is 1. The lowest BCUT2D eigenvalue weighted by Gasteiger charge is -2.34. The van der Waals surface area contributed by atoms with Gasteiger partial charge in [-0.3, -0.25) is 14.5 Å².